The zero-order chi connectivity index (χ0) is 20.9. The summed E-state index contributed by atoms with van der Waals surface area (Å²) in [5, 5.41) is 5.86. The number of carbonyl (C=O) groups is 2. The van der Waals surface area contributed by atoms with Gasteiger partial charge in [0.2, 0.25) is 17.8 Å². The van der Waals surface area contributed by atoms with Crippen LogP contribution in [0.15, 0.2) is 53.4 Å². The van der Waals surface area contributed by atoms with Crippen LogP contribution in [-0.2, 0) is 4.79 Å². The van der Waals surface area contributed by atoms with Gasteiger partial charge in [0.15, 0.2) is 5.76 Å². The van der Waals surface area contributed by atoms with Gasteiger partial charge in [0.05, 0.1) is 6.26 Å². The lowest BCUT2D eigenvalue weighted by molar-refractivity contribution is -0.114. The summed E-state index contributed by atoms with van der Waals surface area (Å²) in [5.41, 5.74) is 1.42. The van der Waals surface area contributed by atoms with Gasteiger partial charge in [0.25, 0.3) is 5.91 Å². The molecule has 1 aliphatic heterocycles. The van der Waals surface area contributed by atoms with Gasteiger partial charge in [-0.3, -0.25) is 9.59 Å². The minimum absolute atomic E-state index is 0.114. The van der Waals surface area contributed by atoms with E-state index in [1.807, 2.05) is 17.0 Å². The van der Waals surface area contributed by atoms with Crippen LogP contribution in [0.3, 0.4) is 0 Å². The Balaban J connectivity index is 1.39. The second kappa shape index (κ2) is 8.60. The molecule has 1 saturated heterocycles. The first-order valence-electron chi connectivity index (χ1n) is 9.50. The Morgan fingerprint density at radius 2 is 1.83 bits per heavy atom. The fraction of sp³-hybridized carbons (Fsp3) is 0.250. The van der Waals surface area contributed by atoms with Gasteiger partial charge in [-0.15, -0.1) is 0 Å². The normalized spacial score (nSPS) is 13.8. The minimum Gasteiger partial charge on any atom is -0.459 e. The molecule has 0 atom stereocenters. The molecule has 0 aliphatic carbocycles. The molecule has 2 aromatic heterocycles. The standard InChI is InChI=1S/C20H21N7O3/c1-14(28)23-15-4-2-5-16(12-15)24-19-21-13-22-20(25-19)27-9-7-26(8-10-27)18(29)17-6-3-11-30-17/h2-6,11-13H,7-10H2,1H3,(H,23,28)(H,21,22,24,25). The van der Waals surface area contributed by atoms with Crippen molar-refractivity contribution >= 4 is 35.1 Å². The summed E-state index contributed by atoms with van der Waals surface area (Å²) in [7, 11) is 0. The molecule has 154 valence electrons. The number of benzene rings is 1. The Morgan fingerprint density at radius 3 is 2.57 bits per heavy atom. The number of furan rings is 1. The Labute approximate surface area is 172 Å². The number of hydrogen-bond donors (Lipinski definition) is 2. The Morgan fingerprint density at radius 1 is 1.03 bits per heavy atom. The molecular formula is C20H21N7O3. The first kappa shape index (κ1) is 19.4. The van der Waals surface area contributed by atoms with Crippen LogP contribution >= 0.6 is 0 Å². The van der Waals surface area contributed by atoms with E-state index >= 15 is 0 Å². The molecule has 0 radical (unpaired) electrons. The summed E-state index contributed by atoms with van der Waals surface area (Å²) in [6.45, 7) is 3.77. The molecule has 2 N–H and O–H groups in total. The third-order valence-corrected chi connectivity index (χ3v) is 4.58. The second-order valence-corrected chi connectivity index (χ2v) is 6.75. The molecule has 10 heteroatoms. The number of piperazine rings is 1. The largest absolute Gasteiger partial charge is 0.459 e. The van der Waals surface area contributed by atoms with E-state index in [9.17, 15) is 9.59 Å². The van der Waals surface area contributed by atoms with Crippen LogP contribution in [0.5, 0.6) is 0 Å². The number of rotatable bonds is 5. The van der Waals surface area contributed by atoms with Gasteiger partial charge < -0.3 is 24.9 Å². The molecule has 4 rings (SSSR count). The van der Waals surface area contributed by atoms with Gasteiger partial charge in [0, 0.05) is 44.5 Å². The average molecular weight is 407 g/mol. The smallest absolute Gasteiger partial charge is 0.289 e. The first-order chi connectivity index (χ1) is 14.6. The van der Waals surface area contributed by atoms with Crippen molar-refractivity contribution in [2.75, 3.05) is 41.7 Å². The molecular weight excluding hydrogens is 386 g/mol. The van der Waals surface area contributed by atoms with Crippen molar-refractivity contribution in [2.24, 2.45) is 0 Å². The molecule has 0 saturated carbocycles. The summed E-state index contributed by atoms with van der Waals surface area (Å²) in [6.07, 6.45) is 2.94. The molecule has 3 aromatic rings. The van der Waals surface area contributed by atoms with Crippen molar-refractivity contribution in [3.05, 3.63) is 54.7 Å². The van der Waals surface area contributed by atoms with Crippen molar-refractivity contribution in [1.29, 1.82) is 0 Å². The van der Waals surface area contributed by atoms with Crippen LogP contribution in [0.25, 0.3) is 0 Å². The molecule has 30 heavy (non-hydrogen) atoms. The molecule has 3 heterocycles. The van der Waals surface area contributed by atoms with Gasteiger partial charge >= 0.3 is 0 Å². The van der Waals surface area contributed by atoms with Gasteiger partial charge in [-0.05, 0) is 30.3 Å². The van der Waals surface area contributed by atoms with Crippen LogP contribution in [0, 0.1) is 0 Å². The topological polar surface area (TPSA) is 116 Å². The summed E-state index contributed by atoms with van der Waals surface area (Å²) in [6, 6.07) is 10.6. The van der Waals surface area contributed by atoms with E-state index in [1.165, 1.54) is 19.5 Å². The van der Waals surface area contributed by atoms with Crippen LogP contribution in [0.2, 0.25) is 0 Å². The number of hydrogen-bond acceptors (Lipinski definition) is 8. The summed E-state index contributed by atoms with van der Waals surface area (Å²) < 4.78 is 5.19. The minimum atomic E-state index is -0.140. The second-order valence-electron chi connectivity index (χ2n) is 6.75. The monoisotopic (exact) mass is 407 g/mol. The summed E-state index contributed by atoms with van der Waals surface area (Å²) in [5.74, 6) is 1.03. The van der Waals surface area contributed by atoms with Gasteiger partial charge in [0.1, 0.15) is 6.33 Å². The SMILES string of the molecule is CC(=O)Nc1cccc(Nc2ncnc(N3CCN(C(=O)c4ccco4)CC3)n2)c1. The van der Waals surface area contributed by atoms with E-state index in [4.69, 9.17) is 4.42 Å². The van der Waals surface area contributed by atoms with Crippen molar-refractivity contribution in [1.82, 2.24) is 19.9 Å². The van der Waals surface area contributed by atoms with Gasteiger partial charge in [-0.25, -0.2) is 9.97 Å². The van der Waals surface area contributed by atoms with Crippen molar-refractivity contribution in [2.45, 2.75) is 6.92 Å². The van der Waals surface area contributed by atoms with E-state index in [0.29, 0.717) is 49.5 Å². The Bertz CT molecular complexity index is 1030. The van der Waals surface area contributed by atoms with Crippen LogP contribution < -0.4 is 15.5 Å². The predicted octanol–water partition coefficient (Wildman–Crippen LogP) is 2.13. The van der Waals surface area contributed by atoms with Crippen LogP contribution in [0.1, 0.15) is 17.5 Å². The van der Waals surface area contributed by atoms with Crippen molar-refractivity contribution in [3.8, 4) is 0 Å². The quantitative estimate of drug-likeness (QED) is 0.661. The maximum atomic E-state index is 12.4. The lowest BCUT2D eigenvalue weighted by Gasteiger charge is -2.34. The lowest BCUT2D eigenvalue weighted by Crippen LogP contribution is -2.49. The molecule has 0 spiro atoms. The molecule has 0 bridgehead atoms. The number of aromatic nitrogens is 3. The third kappa shape index (κ3) is 4.54. The van der Waals surface area contributed by atoms with Gasteiger partial charge in [-0.2, -0.15) is 4.98 Å². The molecule has 2 amide bonds. The highest BCUT2D eigenvalue weighted by atomic mass is 16.3. The lowest BCUT2D eigenvalue weighted by atomic mass is 10.2. The number of anilines is 4. The molecule has 1 fully saturated rings. The predicted molar refractivity (Wildman–Crippen MR) is 111 cm³/mol. The van der Waals surface area contributed by atoms with Crippen molar-refractivity contribution in [3.63, 3.8) is 0 Å². The van der Waals surface area contributed by atoms with Crippen molar-refractivity contribution < 1.29 is 14.0 Å². The number of nitrogens with one attached hydrogen (secondary N) is 2. The number of carbonyl (C=O) groups excluding carboxylic acids is 2. The zero-order valence-corrected chi connectivity index (χ0v) is 16.4. The average Bonchev–Trinajstić information content (AvgIpc) is 3.28. The maximum Gasteiger partial charge on any atom is 0.289 e. The van der Waals surface area contributed by atoms with E-state index in [2.05, 4.69) is 25.6 Å². The third-order valence-electron chi connectivity index (χ3n) is 4.58. The van der Waals surface area contributed by atoms with E-state index < -0.39 is 0 Å². The summed E-state index contributed by atoms with van der Waals surface area (Å²) >= 11 is 0. The van der Waals surface area contributed by atoms with Crippen LogP contribution in [-0.4, -0.2) is 57.8 Å². The fourth-order valence-electron chi connectivity index (χ4n) is 3.17. The van der Waals surface area contributed by atoms with E-state index in [-0.39, 0.29) is 11.8 Å². The molecule has 10 nitrogen and oxygen atoms in total. The van der Waals surface area contributed by atoms with Crippen LogP contribution in [0.4, 0.5) is 23.3 Å². The number of amides is 2. The molecule has 0 unspecified atom stereocenters. The summed E-state index contributed by atoms with van der Waals surface area (Å²) in [4.78, 5) is 40.3. The maximum absolute atomic E-state index is 12.4. The Hall–Kier alpha value is -3.95. The first-order valence-corrected chi connectivity index (χ1v) is 9.50. The zero-order valence-electron chi connectivity index (χ0n) is 16.4. The van der Waals surface area contributed by atoms with E-state index in [0.717, 1.165) is 5.69 Å². The molecule has 1 aromatic carbocycles. The highest BCUT2D eigenvalue weighted by molar-refractivity contribution is 5.91. The fourth-order valence-corrected chi connectivity index (χ4v) is 3.17. The Kier molecular flexibility index (Phi) is 5.55. The highest BCUT2D eigenvalue weighted by Gasteiger charge is 2.25. The number of nitrogens with zero attached hydrogens (tertiary/aromatic N) is 5. The van der Waals surface area contributed by atoms with E-state index in [1.54, 1.807) is 29.2 Å². The highest BCUT2D eigenvalue weighted by Crippen LogP contribution is 2.19. The van der Waals surface area contributed by atoms with Gasteiger partial charge in [-0.1, -0.05) is 6.07 Å². The molecule has 1 aliphatic rings.